The molecular weight excluding hydrogens is 204 g/mol. The highest BCUT2D eigenvalue weighted by Crippen LogP contribution is 2.08. The van der Waals surface area contributed by atoms with Crippen molar-refractivity contribution in [3.63, 3.8) is 0 Å². The zero-order valence-corrected chi connectivity index (χ0v) is 8.44. The first-order valence-electron chi connectivity index (χ1n) is 3.84. The Bertz CT molecular complexity index is 295. The third-order valence-electron chi connectivity index (χ3n) is 1.46. The number of hydrogen-bond acceptors (Lipinski definition) is 6. The molecule has 0 bridgehead atoms. The summed E-state index contributed by atoms with van der Waals surface area (Å²) in [5, 5.41) is 7.18. The number of anilines is 1. The van der Waals surface area contributed by atoms with Crippen molar-refractivity contribution >= 4 is 28.0 Å². The van der Waals surface area contributed by atoms with Crippen LogP contribution in [0.1, 0.15) is 5.01 Å². The lowest BCUT2D eigenvalue weighted by Gasteiger charge is -1.97. The van der Waals surface area contributed by atoms with E-state index >= 15 is 0 Å². The number of nitrogens with zero attached hydrogens (tertiary/aromatic N) is 3. The highest BCUT2D eigenvalue weighted by Gasteiger charge is 1.97. The molecule has 13 heavy (non-hydrogen) atoms. The van der Waals surface area contributed by atoms with Crippen molar-refractivity contribution in [2.45, 2.75) is 6.42 Å². The number of aromatic nitrogens is 3. The minimum Gasteiger partial charge on any atom is -0.360 e. The summed E-state index contributed by atoms with van der Waals surface area (Å²) in [5.41, 5.74) is 0. The molecule has 6 heteroatoms. The van der Waals surface area contributed by atoms with Crippen molar-refractivity contribution in [2.75, 3.05) is 11.9 Å². The molecule has 0 spiro atoms. The van der Waals surface area contributed by atoms with Gasteiger partial charge in [-0.25, -0.2) is 9.97 Å². The fourth-order valence-corrected chi connectivity index (χ4v) is 1.98. The van der Waals surface area contributed by atoms with Gasteiger partial charge in [0.2, 0.25) is 5.13 Å². The Morgan fingerprint density at radius 3 is 3.08 bits per heavy atom. The summed E-state index contributed by atoms with van der Waals surface area (Å²) in [4.78, 5) is 8.20. The monoisotopic (exact) mass is 212 g/mol. The van der Waals surface area contributed by atoms with E-state index in [1.807, 2.05) is 11.6 Å². The molecule has 0 saturated heterocycles. The van der Waals surface area contributed by atoms with E-state index in [1.54, 1.807) is 17.7 Å². The minimum absolute atomic E-state index is 0.864. The molecule has 0 unspecified atom stereocenters. The second kappa shape index (κ2) is 4.29. The number of thiazole rings is 1. The first-order chi connectivity index (χ1) is 6.45. The quantitative estimate of drug-likeness (QED) is 0.837. The van der Waals surface area contributed by atoms with Gasteiger partial charge in [0.05, 0.1) is 5.01 Å². The van der Waals surface area contributed by atoms with Crippen LogP contribution in [0.25, 0.3) is 0 Å². The molecule has 2 aromatic rings. The molecule has 0 atom stereocenters. The highest BCUT2D eigenvalue weighted by atomic mass is 32.1. The molecule has 2 heterocycles. The molecule has 0 aliphatic rings. The molecule has 0 amide bonds. The van der Waals surface area contributed by atoms with Crippen LogP contribution in [0.5, 0.6) is 0 Å². The van der Waals surface area contributed by atoms with Gasteiger partial charge < -0.3 is 5.32 Å². The van der Waals surface area contributed by atoms with Crippen molar-refractivity contribution in [3.8, 4) is 0 Å². The molecule has 0 aromatic carbocycles. The van der Waals surface area contributed by atoms with E-state index in [4.69, 9.17) is 0 Å². The lowest BCUT2D eigenvalue weighted by molar-refractivity contribution is 0.994. The van der Waals surface area contributed by atoms with Crippen molar-refractivity contribution < 1.29 is 0 Å². The Morgan fingerprint density at radius 1 is 1.38 bits per heavy atom. The Kier molecular flexibility index (Phi) is 2.83. The molecule has 1 N–H and O–H groups in total. The Labute approximate surface area is 83.8 Å². The summed E-state index contributed by atoms with van der Waals surface area (Å²) in [6, 6.07) is 0. The normalized spacial score (nSPS) is 10.2. The highest BCUT2D eigenvalue weighted by molar-refractivity contribution is 7.09. The van der Waals surface area contributed by atoms with Crippen molar-refractivity contribution in [3.05, 3.63) is 22.9 Å². The fraction of sp³-hybridized carbons (Fsp3) is 0.286. The van der Waals surface area contributed by atoms with Gasteiger partial charge in [-0.05, 0) is 0 Å². The third-order valence-corrected chi connectivity index (χ3v) is 2.92. The largest absolute Gasteiger partial charge is 0.360 e. The topological polar surface area (TPSA) is 50.7 Å². The summed E-state index contributed by atoms with van der Waals surface area (Å²) in [6.07, 6.45) is 4.32. The standard InChI is InChI=1S/C7H8N4S2/c1(6-8-3-4-12-6)2-9-7-10-5-11-13-7/h3-5H,1-2H2,(H,9,10,11). The molecule has 0 saturated carbocycles. The first-order valence-corrected chi connectivity index (χ1v) is 5.49. The van der Waals surface area contributed by atoms with Crippen molar-refractivity contribution in [1.29, 1.82) is 0 Å². The van der Waals surface area contributed by atoms with Crippen LogP contribution in [0.4, 0.5) is 5.13 Å². The molecular formula is C7H8N4S2. The molecule has 0 aliphatic heterocycles. The van der Waals surface area contributed by atoms with Crippen LogP contribution in [-0.2, 0) is 6.42 Å². The first kappa shape index (κ1) is 8.58. The van der Waals surface area contributed by atoms with E-state index in [1.165, 1.54) is 11.5 Å². The molecule has 0 aliphatic carbocycles. The summed E-state index contributed by atoms with van der Waals surface area (Å²) in [6.45, 7) is 0.864. The maximum absolute atomic E-state index is 4.18. The molecule has 68 valence electrons. The van der Waals surface area contributed by atoms with Crippen LogP contribution >= 0.6 is 22.9 Å². The number of hydrogen-bond donors (Lipinski definition) is 1. The van der Waals surface area contributed by atoms with E-state index < -0.39 is 0 Å². The van der Waals surface area contributed by atoms with E-state index in [9.17, 15) is 0 Å². The SMILES string of the molecule is c1csc(CCNc2ncns2)n1. The van der Waals surface area contributed by atoms with Gasteiger partial charge in [0, 0.05) is 36.1 Å². The molecule has 0 fully saturated rings. The maximum atomic E-state index is 4.18. The lowest BCUT2D eigenvalue weighted by atomic mass is 10.4. The van der Waals surface area contributed by atoms with Crippen LogP contribution < -0.4 is 5.32 Å². The number of rotatable bonds is 4. The Hall–Kier alpha value is -1.01. The van der Waals surface area contributed by atoms with Gasteiger partial charge in [-0.3, -0.25) is 0 Å². The third kappa shape index (κ3) is 2.46. The average Bonchev–Trinajstić information content (AvgIpc) is 2.75. The van der Waals surface area contributed by atoms with Crippen LogP contribution in [0.15, 0.2) is 17.9 Å². The van der Waals surface area contributed by atoms with Gasteiger partial charge in [-0.2, -0.15) is 4.37 Å². The van der Waals surface area contributed by atoms with Crippen molar-refractivity contribution in [1.82, 2.24) is 14.3 Å². The van der Waals surface area contributed by atoms with E-state index in [0.29, 0.717) is 0 Å². The van der Waals surface area contributed by atoms with E-state index in [-0.39, 0.29) is 0 Å². The van der Waals surface area contributed by atoms with Gasteiger partial charge >= 0.3 is 0 Å². The van der Waals surface area contributed by atoms with Gasteiger partial charge in [0.25, 0.3) is 0 Å². The van der Waals surface area contributed by atoms with Crippen LogP contribution in [0, 0.1) is 0 Å². The predicted octanol–water partition coefficient (Wildman–Crippen LogP) is 1.65. The summed E-state index contributed by atoms with van der Waals surface area (Å²) < 4.78 is 3.89. The zero-order chi connectivity index (χ0) is 8.93. The fourth-order valence-electron chi connectivity index (χ4n) is 0.904. The van der Waals surface area contributed by atoms with Crippen LogP contribution in [-0.4, -0.2) is 20.9 Å². The lowest BCUT2D eigenvalue weighted by Crippen LogP contribution is -2.03. The average molecular weight is 212 g/mol. The second-order valence-corrected chi connectivity index (χ2v) is 4.11. The summed E-state index contributed by atoms with van der Waals surface area (Å²) in [5.74, 6) is 0. The van der Waals surface area contributed by atoms with Crippen LogP contribution in [0.3, 0.4) is 0 Å². The molecule has 0 radical (unpaired) electrons. The van der Waals surface area contributed by atoms with Gasteiger partial charge in [-0.1, -0.05) is 0 Å². The van der Waals surface area contributed by atoms with Gasteiger partial charge in [0.15, 0.2) is 0 Å². The van der Waals surface area contributed by atoms with Gasteiger partial charge in [-0.15, -0.1) is 11.3 Å². The Balaban J connectivity index is 1.76. The van der Waals surface area contributed by atoms with Crippen molar-refractivity contribution in [2.24, 2.45) is 0 Å². The van der Waals surface area contributed by atoms with E-state index in [0.717, 1.165) is 23.1 Å². The molecule has 2 aromatic heterocycles. The van der Waals surface area contributed by atoms with E-state index in [2.05, 4.69) is 19.7 Å². The zero-order valence-electron chi connectivity index (χ0n) is 6.80. The number of nitrogens with one attached hydrogen (secondary N) is 1. The summed E-state index contributed by atoms with van der Waals surface area (Å²) >= 11 is 3.05. The molecule has 4 nitrogen and oxygen atoms in total. The predicted molar refractivity (Wildman–Crippen MR) is 54.2 cm³/mol. The molecule has 2 rings (SSSR count). The maximum Gasteiger partial charge on any atom is 0.202 e. The smallest absolute Gasteiger partial charge is 0.202 e. The summed E-state index contributed by atoms with van der Waals surface area (Å²) in [7, 11) is 0. The Morgan fingerprint density at radius 2 is 2.38 bits per heavy atom. The minimum atomic E-state index is 0.864. The van der Waals surface area contributed by atoms with Gasteiger partial charge in [0.1, 0.15) is 6.33 Å². The second-order valence-electron chi connectivity index (χ2n) is 2.35. The van der Waals surface area contributed by atoms with Crippen LogP contribution in [0.2, 0.25) is 0 Å².